The number of H-pyrrole nitrogens is 1. The van der Waals surface area contributed by atoms with E-state index in [0.29, 0.717) is 13.2 Å². The van der Waals surface area contributed by atoms with Gasteiger partial charge in [0.1, 0.15) is 5.82 Å². The second kappa shape index (κ2) is 7.23. The van der Waals surface area contributed by atoms with E-state index in [1.165, 1.54) is 16.8 Å². The Kier molecular flexibility index (Phi) is 4.63. The van der Waals surface area contributed by atoms with Crippen LogP contribution in [0, 0.1) is 5.82 Å². The number of aromatic nitrogens is 5. The first kappa shape index (κ1) is 17.3. The highest BCUT2D eigenvalue weighted by Crippen LogP contribution is 2.11. The van der Waals surface area contributed by atoms with Crippen molar-refractivity contribution in [2.75, 3.05) is 13.2 Å². The molecule has 3 aromatic rings. The molecule has 0 aliphatic carbocycles. The fraction of sp³-hybridized carbons (Fsp3) is 0.353. The van der Waals surface area contributed by atoms with Crippen molar-refractivity contribution in [1.29, 1.82) is 0 Å². The van der Waals surface area contributed by atoms with Crippen LogP contribution < -0.4 is 10.9 Å². The van der Waals surface area contributed by atoms with E-state index in [-0.39, 0.29) is 35.5 Å². The van der Waals surface area contributed by atoms with E-state index >= 15 is 0 Å². The number of carbonyl (C=O) groups excluding carboxylic acids is 1. The normalized spacial score (nSPS) is 16.7. The van der Waals surface area contributed by atoms with Crippen molar-refractivity contribution >= 4 is 17.1 Å². The molecule has 1 amide bonds. The number of nitrogens with zero attached hydrogens (tertiary/aromatic N) is 4. The average Bonchev–Trinajstić information content (AvgIpc) is 3.32. The number of benzene rings is 1. The fourth-order valence-electron chi connectivity index (χ4n) is 2.94. The number of rotatable bonds is 5. The summed E-state index contributed by atoms with van der Waals surface area (Å²) in [6.07, 6.45) is 1.84. The van der Waals surface area contributed by atoms with Crippen LogP contribution in [-0.2, 0) is 11.3 Å². The largest absolute Gasteiger partial charge is 0.376 e. The summed E-state index contributed by atoms with van der Waals surface area (Å²) in [5.74, 6) is -0.964. The smallest absolute Gasteiger partial charge is 0.287 e. The summed E-state index contributed by atoms with van der Waals surface area (Å²) in [7, 11) is 0. The van der Waals surface area contributed by atoms with Crippen molar-refractivity contribution < 1.29 is 13.9 Å². The third-order valence-electron chi connectivity index (χ3n) is 4.35. The Morgan fingerprint density at radius 3 is 2.93 bits per heavy atom. The molecule has 9 nitrogen and oxygen atoms in total. The van der Waals surface area contributed by atoms with Crippen molar-refractivity contribution in [2.45, 2.75) is 25.5 Å². The molecule has 0 unspecified atom stereocenters. The van der Waals surface area contributed by atoms with Crippen molar-refractivity contribution in [3.05, 3.63) is 51.8 Å². The van der Waals surface area contributed by atoms with E-state index in [2.05, 4.69) is 25.6 Å². The van der Waals surface area contributed by atoms with Gasteiger partial charge in [0, 0.05) is 13.2 Å². The molecular formula is C17H17FN6O3. The number of ether oxygens (including phenoxy) is 1. The Morgan fingerprint density at radius 2 is 2.19 bits per heavy atom. The maximum Gasteiger partial charge on any atom is 0.287 e. The van der Waals surface area contributed by atoms with Crippen LogP contribution in [0.3, 0.4) is 0 Å². The Hall–Kier alpha value is -3.14. The summed E-state index contributed by atoms with van der Waals surface area (Å²) in [5.41, 5.74) is 0.431. The first-order valence-electron chi connectivity index (χ1n) is 8.58. The van der Waals surface area contributed by atoms with Crippen molar-refractivity contribution in [1.82, 2.24) is 30.3 Å². The van der Waals surface area contributed by atoms with Gasteiger partial charge in [0.25, 0.3) is 11.5 Å². The monoisotopic (exact) mass is 372 g/mol. The molecule has 1 fully saturated rings. The third kappa shape index (κ3) is 3.70. The molecule has 1 atom stereocenters. The van der Waals surface area contributed by atoms with Crippen LogP contribution in [0.25, 0.3) is 11.2 Å². The van der Waals surface area contributed by atoms with E-state index in [1.807, 2.05) is 0 Å². The van der Waals surface area contributed by atoms with Crippen LogP contribution in [0.4, 0.5) is 4.39 Å². The second-order valence-electron chi connectivity index (χ2n) is 6.31. The topological polar surface area (TPSA) is 115 Å². The molecule has 140 valence electrons. The van der Waals surface area contributed by atoms with Crippen molar-refractivity contribution in [3.8, 4) is 0 Å². The zero-order chi connectivity index (χ0) is 18.8. The van der Waals surface area contributed by atoms with E-state index in [0.717, 1.165) is 18.4 Å². The SMILES string of the molecule is O=C(NC[C@@H]1CCCO1)c1nc2c(nnn2Cc2ccc(F)cc2)c(=O)[nH]1. The fourth-order valence-corrected chi connectivity index (χ4v) is 2.94. The molecule has 2 aromatic heterocycles. The lowest BCUT2D eigenvalue weighted by Gasteiger charge is -2.10. The lowest BCUT2D eigenvalue weighted by atomic mass is 10.2. The summed E-state index contributed by atoms with van der Waals surface area (Å²) >= 11 is 0. The van der Waals surface area contributed by atoms with E-state index < -0.39 is 11.5 Å². The highest BCUT2D eigenvalue weighted by molar-refractivity contribution is 5.91. The van der Waals surface area contributed by atoms with Gasteiger partial charge in [-0.05, 0) is 30.5 Å². The molecule has 10 heteroatoms. The molecule has 2 N–H and O–H groups in total. The highest BCUT2D eigenvalue weighted by Gasteiger charge is 2.19. The maximum atomic E-state index is 13.1. The summed E-state index contributed by atoms with van der Waals surface area (Å²) < 4.78 is 19.9. The van der Waals surface area contributed by atoms with E-state index in [4.69, 9.17) is 4.74 Å². The molecule has 4 rings (SSSR count). The predicted molar refractivity (Wildman–Crippen MR) is 92.8 cm³/mol. The van der Waals surface area contributed by atoms with Gasteiger partial charge >= 0.3 is 0 Å². The van der Waals surface area contributed by atoms with Gasteiger partial charge in [0.15, 0.2) is 11.2 Å². The van der Waals surface area contributed by atoms with Crippen LogP contribution in [0.1, 0.15) is 29.0 Å². The molecule has 1 aromatic carbocycles. The molecule has 1 aliphatic rings. The number of aromatic amines is 1. The zero-order valence-corrected chi connectivity index (χ0v) is 14.3. The number of amides is 1. The molecule has 0 saturated carbocycles. The summed E-state index contributed by atoms with van der Waals surface area (Å²) in [4.78, 5) is 31.2. The van der Waals surface area contributed by atoms with Gasteiger partial charge in [-0.1, -0.05) is 17.3 Å². The number of hydrogen-bond donors (Lipinski definition) is 2. The maximum absolute atomic E-state index is 13.1. The van der Waals surface area contributed by atoms with Crippen molar-refractivity contribution in [2.24, 2.45) is 0 Å². The first-order chi connectivity index (χ1) is 13.1. The van der Waals surface area contributed by atoms with Crippen LogP contribution in [-0.4, -0.2) is 50.1 Å². The molecule has 3 heterocycles. The minimum atomic E-state index is -0.548. The minimum absolute atomic E-state index is 0.0185. The lowest BCUT2D eigenvalue weighted by molar-refractivity contribution is 0.0849. The summed E-state index contributed by atoms with van der Waals surface area (Å²) in [6.45, 7) is 1.29. The molecule has 0 bridgehead atoms. The quantitative estimate of drug-likeness (QED) is 0.678. The van der Waals surface area contributed by atoms with Gasteiger partial charge < -0.3 is 15.0 Å². The number of fused-ring (bicyclic) bond motifs is 1. The number of nitrogens with one attached hydrogen (secondary N) is 2. The second-order valence-corrected chi connectivity index (χ2v) is 6.31. The van der Waals surface area contributed by atoms with Crippen LogP contribution in [0.15, 0.2) is 29.1 Å². The Bertz CT molecular complexity index is 1020. The molecule has 1 aliphatic heterocycles. The highest BCUT2D eigenvalue weighted by atomic mass is 19.1. The van der Waals surface area contributed by atoms with Gasteiger partial charge in [-0.2, -0.15) is 0 Å². The Balaban J connectivity index is 1.58. The number of halogens is 1. The zero-order valence-electron chi connectivity index (χ0n) is 14.3. The standard InChI is InChI=1S/C17H17FN6O3/c18-11-5-3-10(4-6-11)9-24-15-13(22-23-24)16(25)21-14(20-15)17(26)19-8-12-2-1-7-27-12/h3-6,12H,1-2,7-9H2,(H,19,26)(H,20,21,25)/t12-/m0/s1. The van der Waals surface area contributed by atoms with Gasteiger partial charge in [-0.3, -0.25) is 9.59 Å². The van der Waals surface area contributed by atoms with Gasteiger partial charge in [-0.25, -0.2) is 14.1 Å². The average molecular weight is 372 g/mol. The van der Waals surface area contributed by atoms with Gasteiger partial charge in [0.05, 0.1) is 12.6 Å². The molecule has 0 spiro atoms. The third-order valence-corrected chi connectivity index (χ3v) is 4.35. The first-order valence-corrected chi connectivity index (χ1v) is 8.58. The number of hydrogen-bond acceptors (Lipinski definition) is 6. The van der Waals surface area contributed by atoms with Gasteiger partial charge in [0.2, 0.25) is 5.82 Å². The molecule has 27 heavy (non-hydrogen) atoms. The Labute approximate surface area is 152 Å². The van der Waals surface area contributed by atoms with Crippen molar-refractivity contribution in [3.63, 3.8) is 0 Å². The van der Waals surface area contributed by atoms with E-state index in [1.54, 1.807) is 12.1 Å². The Morgan fingerprint density at radius 1 is 1.37 bits per heavy atom. The van der Waals surface area contributed by atoms with E-state index in [9.17, 15) is 14.0 Å². The number of carbonyl (C=O) groups is 1. The minimum Gasteiger partial charge on any atom is -0.376 e. The van der Waals surface area contributed by atoms with Crippen LogP contribution >= 0.6 is 0 Å². The van der Waals surface area contributed by atoms with Crippen LogP contribution in [0.5, 0.6) is 0 Å². The molecule has 1 saturated heterocycles. The molecule has 0 radical (unpaired) electrons. The van der Waals surface area contributed by atoms with Crippen LogP contribution in [0.2, 0.25) is 0 Å². The van der Waals surface area contributed by atoms with Gasteiger partial charge in [-0.15, -0.1) is 5.10 Å². The lowest BCUT2D eigenvalue weighted by Crippen LogP contribution is -2.34. The summed E-state index contributed by atoms with van der Waals surface area (Å²) in [5, 5.41) is 10.5. The predicted octanol–water partition coefficient (Wildman–Crippen LogP) is 0.611. The molecular weight excluding hydrogens is 355 g/mol. The summed E-state index contributed by atoms with van der Waals surface area (Å²) in [6, 6.07) is 5.87.